The standard InChI is InChI=1S/C14H14N4O3/c15-13(19)9-4-1-2-5-10(9)16-14(20)11-8-12-18(17-11)6-3-7-21-12/h1-2,4-5,8H,3,6-7H2,(H2,15,19)(H,16,20). The highest BCUT2D eigenvalue weighted by Crippen LogP contribution is 2.20. The van der Waals surface area contributed by atoms with E-state index in [2.05, 4.69) is 10.4 Å². The van der Waals surface area contributed by atoms with E-state index in [4.69, 9.17) is 10.5 Å². The number of carbonyl (C=O) groups is 2. The van der Waals surface area contributed by atoms with E-state index in [1.807, 2.05) is 0 Å². The Morgan fingerprint density at radius 1 is 1.33 bits per heavy atom. The first-order chi connectivity index (χ1) is 10.1. The number of hydrogen-bond acceptors (Lipinski definition) is 4. The summed E-state index contributed by atoms with van der Waals surface area (Å²) in [5, 5.41) is 6.83. The Hall–Kier alpha value is -2.83. The first-order valence-corrected chi connectivity index (χ1v) is 6.56. The molecule has 7 nitrogen and oxygen atoms in total. The molecule has 0 spiro atoms. The van der Waals surface area contributed by atoms with E-state index >= 15 is 0 Å². The van der Waals surface area contributed by atoms with Crippen LogP contribution in [0, 0.1) is 0 Å². The number of nitrogens with two attached hydrogens (primary N) is 1. The SMILES string of the molecule is NC(=O)c1ccccc1NC(=O)c1cc2n(n1)CCCO2. The number of aryl methyl sites for hydroxylation is 1. The Bertz CT molecular complexity index is 684. The fraction of sp³-hybridized carbons (Fsp3) is 0.214. The van der Waals surface area contributed by atoms with Gasteiger partial charge in [-0.3, -0.25) is 9.59 Å². The van der Waals surface area contributed by atoms with E-state index in [0.29, 0.717) is 18.2 Å². The molecule has 0 saturated heterocycles. The third-order valence-electron chi connectivity index (χ3n) is 3.18. The van der Waals surface area contributed by atoms with Crippen LogP contribution in [0.5, 0.6) is 5.88 Å². The van der Waals surface area contributed by atoms with Crippen molar-refractivity contribution in [1.82, 2.24) is 9.78 Å². The van der Waals surface area contributed by atoms with Crippen LogP contribution in [0.4, 0.5) is 5.69 Å². The van der Waals surface area contributed by atoms with Gasteiger partial charge in [0.25, 0.3) is 11.8 Å². The van der Waals surface area contributed by atoms with Crippen molar-refractivity contribution in [2.45, 2.75) is 13.0 Å². The molecule has 0 aliphatic carbocycles. The second kappa shape index (κ2) is 5.28. The van der Waals surface area contributed by atoms with Gasteiger partial charge in [0.05, 0.1) is 17.9 Å². The number of hydrogen-bond donors (Lipinski definition) is 2. The minimum absolute atomic E-state index is 0.242. The minimum atomic E-state index is -0.599. The van der Waals surface area contributed by atoms with Crippen LogP contribution in [0.15, 0.2) is 30.3 Å². The van der Waals surface area contributed by atoms with Gasteiger partial charge in [-0.1, -0.05) is 12.1 Å². The molecule has 7 heteroatoms. The first kappa shape index (κ1) is 13.2. The molecule has 1 aromatic carbocycles. The van der Waals surface area contributed by atoms with Crippen LogP contribution in [0.2, 0.25) is 0 Å². The predicted octanol–water partition coefficient (Wildman–Crippen LogP) is 1.02. The number of nitrogens with one attached hydrogen (secondary N) is 1. The molecule has 0 saturated carbocycles. The summed E-state index contributed by atoms with van der Waals surface area (Å²) >= 11 is 0. The molecule has 1 aromatic heterocycles. The van der Waals surface area contributed by atoms with E-state index in [9.17, 15) is 9.59 Å². The van der Waals surface area contributed by atoms with Crippen LogP contribution in [0.1, 0.15) is 27.3 Å². The van der Waals surface area contributed by atoms with Gasteiger partial charge in [-0.15, -0.1) is 0 Å². The maximum atomic E-state index is 12.2. The summed E-state index contributed by atoms with van der Waals surface area (Å²) in [5.74, 6) is -0.429. The number of para-hydroxylation sites is 1. The number of anilines is 1. The maximum Gasteiger partial charge on any atom is 0.276 e. The lowest BCUT2D eigenvalue weighted by molar-refractivity contribution is 0.100. The molecule has 0 fully saturated rings. The van der Waals surface area contributed by atoms with Crippen molar-refractivity contribution in [2.24, 2.45) is 5.73 Å². The van der Waals surface area contributed by atoms with Gasteiger partial charge in [0.2, 0.25) is 5.88 Å². The Kier molecular flexibility index (Phi) is 3.31. The first-order valence-electron chi connectivity index (χ1n) is 6.56. The molecule has 1 aliphatic heterocycles. The molecule has 0 bridgehead atoms. The van der Waals surface area contributed by atoms with Gasteiger partial charge in [-0.2, -0.15) is 5.10 Å². The molecule has 1 aliphatic rings. The van der Waals surface area contributed by atoms with E-state index in [1.54, 1.807) is 35.0 Å². The van der Waals surface area contributed by atoms with Crippen molar-refractivity contribution in [2.75, 3.05) is 11.9 Å². The number of carbonyl (C=O) groups excluding carboxylic acids is 2. The molecule has 2 aromatic rings. The van der Waals surface area contributed by atoms with Gasteiger partial charge in [0.1, 0.15) is 0 Å². The fourth-order valence-electron chi connectivity index (χ4n) is 2.17. The van der Waals surface area contributed by atoms with Gasteiger partial charge in [-0.25, -0.2) is 4.68 Å². The summed E-state index contributed by atoms with van der Waals surface area (Å²) in [5.41, 5.74) is 6.14. The summed E-state index contributed by atoms with van der Waals surface area (Å²) in [4.78, 5) is 23.5. The normalized spacial score (nSPS) is 13.1. The van der Waals surface area contributed by atoms with Crippen molar-refractivity contribution in [1.29, 1.82) is 0 Å². The summed E-state index contributed by atoms with van der Waals surface area (Å²) in [6.45, 7) is 1.34. The average molecular weight is 286 g/mol. The number of ether oxygens (including phenoxy) is 1. The van der Waals surface area contributed by atoms with Crippen LogP contribution in [-0.4, -0.2) is 28.2 Å². The van der Waals surface area contributed by atoms with Gasteiger partial charge in [0, 0.05) is 19.0 Å². The number of primary amides is 1. The van der Waals surface area contributed by atoms with Crippen molar-refractivity contribution in [3.8, 4) is 5.88 Å². The van der Waals surface area contributed by atoms with Crippen molar-refractivity contribution in [3.05, 3.63) is 41.6 Å². The molecule has 2 heterocycles. The summed E-state index contributed by atoms with van der Waals surface area (Å²) in [6, 6.07) is 8.15. The number of rotatable bonds is 3. The predicted molar refractivity (Wildman–Crippen MR) is 75.3 cm³/mol. The lowest BCUT2D eigenvalue weighted by Gasteiger charge is -2.13. The third-order valence-corrected chi connectivity index (χ3v) is 3.18. The van der Waals surface area contributed by atoms with Gasteiger partial charge < -0.3 is 15.8 Å². The Labute approximate surface area is 120 Å². The van der Waals surface area contributed by atoms with Gasteiger partial charge in [-0.05, 0) is 12.1 Å². The maximum absolute atomic E-state index is 12.2. The lowest BCUT2D eigenvalue weighted by Crippen LogP contribution is -2.19. The molecule has 21 heavy (non-hydrogen) atoms. The van der Waals surface area contributed by atoms with Crippen LogP contribution in [0.25, 0.3) is 0 Å². The van der Waals surface area contributed by atoms with Crippen molar-refractivity contribution < 1.29 is 14.3 Å². The Morgan fingerprint density at radius 3 is 2.90 bits per heavy atom. The molecule has 2 amide bonds. The van der Waals surface area contributed by atoms with E-state index in [-0.39, 0.29) is 11.3 Å². The smallest absolute Gasteiger partial charge is 0.276 e. The second-order valence-electron chi connectivity index (χ2n) is 4.66. The Balaban J connectivity index is 1.83. The molecule has 3 N–H and O–H groups in total. The van der Waals surface area contributed by atoms with E-state index < -0.39 is 11.8 Å². The van der Waals surface area contributed by atoms with Crippen LogP contribution >= 0.6 is 0 Å². The molecule has 0 radical (unpaired) electrons. The zero-order valence-corrected chi connectivity index (χ0v) is 11.2. The van der Waals surface area contributed by atoms with E-state index in [1.165, 1.54) is 0 Å². The summed E-state index contributed by atoms with van der Waals surface area (Å²) in [6.07, 6.45) is 0.861. The van der Waals surface area contributed by atoms with Crippen molar-refractivity contribution >= 4 is 17.5 Å². The largest absolute Gasteiger partial charge is 0.478 e. The highest BCUT2D eigenvalue weighted by molar-refractivity contribution is 6.07. The minimum Gasteiger partial charge on any atom is -0.478 e. The molecule has 3 rings (SSSR count). The Morgan fingerprint density at radius 2 is 2.14 bits per heavy atom. The number of aromatic nitrogens is 2. The second-order valence-corrected chi connectivity index (χ2v) is 4.66. The van der Waals surface area contributed by atoms with Crippen LogP contribution < -0.4 is 15.8 Å². The third kappa shape index (κ3) is 2.58. The monoisotopic (exact) mass is 286 g/mol. The summed E-state index contributed by atoms with van der Waals surface area (Å²) in [7, 11) is 0. The topological polar surface area (TPSA) is 99.2 Å². The van der Waals surface area contributed by atoms with Gasteiger partial charge in [0.15, 0.2) is 5.69 Å². The number of nitrogens with zero attached hydrogens (tertiary/aromatic N) is 2. The zero-order chi connectivity index (χ0) is 14.8. The number of fused-ring (bicyclic) bond motifs is 1. The molecular weight excluding hydrogens is 272 g/mol. The van der Waals surface area contributed by atoms with E-state index in [0.717, 1.165) is 13.0 Å². The zero-order valence-electron chi connectivity index (χ0n) is 11.2. The van der Waals surface area contributed by atoms with Crippen LogP contribution in [-0.2, 0) is 6.54 Å². The number of amides is 2. The van der Waals surface area contributed by atoms with Gasteiger partial charge >= 0.3 is 0 Å². The fourth-order valence-corrected chi connectivity index (χ4v) is 2.17. The lowest BCUT2D eigenvalue weighted by atomic mass is 10.1. The highest BCUT2D eigenvalue weighted by atomic mass is 16.5. The molecule has 0 unspecified atom stereocenters. The summed E-state index contributed by atoms with van der Waals surface area (Å²) < 4.78 is 7.06. The number of benzene rings is 1. The van der Waals surface area contributed by atoms with Crippen molar-refractivity contribution in [3.63, 3.8) is 0 Å². The highest BCUT2D eigenvalue weighted by Gasteiger charge is 2.19. The molecular formula is C14H14N4O3. The average Bonchev–Trinajstić information content (AvgIpc) is 2.91. The quantitative estimate of drug-likeness (QED) is 0.879. The molecule has 0 atom stereocenters. The van der Waals surface area contributed by atoms with Crippen LogP contribution in [0.3, 0.4) is 0 Å². The molecule has 108 valence electrons.